The molecule has 5 nitrogen and oxygen atoms in total. The highest BCUT2D eigenvalue weighted by atomic mass is 32.1. The summed E-state index contributed by atoms with van der Waals surface area (Å²) in [6, 6.07) is 5.29. The Bertz CT molecular complexity index is 817. The molecule has 152 valence electrons. The number of aromatic nitrogens is 1. The molecule has 1 aromatic heterocycles. The van der Waals surface area contributed by atoms with E-state index >= 15 is 0 Å². The first-order valence-corrected chi connectivity index (χ1v) is 9.52. The molecule has 1 aromatic carbocycles. The van der Waals surface area contributed by atoms with Crippen molar-refractivity contribution in [3.63, 3.8) is 0 Å². The highest BCUT2D eigenvalue weighted by Gasteiger charge is 2.31. The number of hydrogen-bond acceptors (Lipinski definition) is 5. The second-order valence-electron chi connectivity index (χ2n) is 6.47. The first-order chi connectivity index (χ1) is 13.1. The van der Waals surface area contributed by atoms with Crippen LogP contribution < -0.4 is 4.74 Å². The summed E-state index contributed by atoms with van der Waals surface area (Å²) in [5.41, 5.74) is 1.11. The Morgan fingerprint density at radius 1 is 1.25 bits per heavy atom. The predicted molar refractivity (Wildman–Crippen MR) is 98.1 cm³/mol. The number of ketones is 1. The molecule has 0 aliphatic heterocycles. The number of aliphatic carboxylic acids is 1. The van der Waals surface area contributed by atoms with E-state index in [-0.39, 0.29) is 30.3 Å². The summed E-state index contributed by atoms with van der Waals surface area (Å²) in [5.74, 6) is -2.35. The maximum Gasteiger partial charge on any atom is 0.573 e. The fraction of sp³-hybridized carbons (Fsp3) is 0.421. The minimum Gasteiger partial charge on any atom is -0.481 e. The van der Waals surface area contributed by atoms with Gasteiger partial charge in [-0.3, -0.25) is 9.59 Å². The molecule has 0 aliphatic rings. The summed E-state index contributed by atoms with van der Waals surface area (Å²) in [6.07, 6.45) is -4.12. The van der Waals surface area contributed by atoms with E-state index in [9.17, 15) is 27.9 Å². The van der Waals surface area contributed by atoms with E-state index in [1.807, 2.05) is 6.92 Å². The third-order valence-corrected chi connectivity index (χ3v) is 5.30. The summed E-state index contributed by atoms with van der Waals surface area (Å²) in [4.78, 5) is 27.9. The summed E-state index contributed by atoms with van der Waals surface area (Å²) >= 11 is 1.26. The van der Waals surface area contributed by atoms with Gasteiger partial charge in [-0.25, -0.2) is 4.98 Å². The number of benzene rings is 1. The van der Waals surface area contributed by atoms with Crippen molar-refractivity contribution < 1.29 is 32.6 Å². The molecule has 0 saturated heterocycles. The highest BCUT2D eigenvalue weighted by molar-refractivity contribution is 7.13. The number of carbonyl (C=O) groups is 2. The van der Waals surface area contributed by atoms with Crippen LogP contribution >= 0.6 is 11.3 Å². The van der Waals surface area contributed by atoms with E-state index in [4.69, 9.17) is 0 Å². The van der Waals surface area contributed by atoms with Gasteiger partial charge in [-0.05, 0) is 30.2 Å². The lowest BCUT2D eigenvalue weighted by Crippen LogP contribution is -2.25. The van der Waals surface area contributed by atoms with Crippen molar-refractivity contribution in [2.75, 3.05) is 0 Å². The summed E-state index contributed by atoms with van der Waals surface area (Å²) < 4.78 is 40.4. The van der Waals surface area contributed by atoms with E-state index in [2.05, 4.69) is 9.72 Å². The van der Waals surface area contributed by atoms with Crippen LogP contribution in [0.4, 0.5) is 13.2 Å². The molecule has 1 N–H and O–H groups in total. The van der Waals surface area contributed by atoms with Crippen LogP contribution in [0.25, 0.3) is 10.6 Å². The Balaban J connectivity index is 2.01. The fourth-order valence-corrected chi connectivity index (χ4v) is 3.48. The minimum absolute atomic E-state index is 0.0198. The molecule has 2 rings (SSSR count). The van der Waals surface area contributed by atoms with Gasteiger partial charge in [-0.1, -0.05) is 20.3 Å². The molecule has 0 saturated carbocycles. The molecule has 0 amide bonds. The third kappa shape index (κ3) is 6.33. The van der Waals surface area contributed by atoms with Crippen LogP contribution in [-0.4, -0.2) is 28.2 Å². The van der Waals surface area contributed by atoms with Crippen LogP contribution in [0.3, 0.4) is 0 Å². The van der Waals surface area contributed by atoms with Crippen molar-refractivity contribution in [1.82, 2.24) is 4.98 Å². The molecule has 1 heterocycles. The van der Waals surface area contributed by atoms with E-state index in [0.717, 1.165) is 0 Å². The van der Waals surface area contributed by atoms with Gasteiger partial charge in [0.1, 0.15) is 16.5 Å². The monoisotopic (exact) mass is 415 g/mol. The highest BCUT2D eigenvalue weighted by Crippen LogP contribution is 2.29. The molecular formula is C19H20F3NO4S. The van der Waals surface area contributed by atoms with E-state index in [1.165, 1.54) is 35.6 Å². The molecule has 2 atom stereocenters. The molecule has 0 bridgehead atoms. The lowest BCUT2D eigenvalue weighted by molar-refractivity contribution is -0.274. The minimum atomic E-state index is -4.75. The van der Waals surface area contributed by atoms with Crippen LogP contribution in [0, 0.1) is 11.8 Å². The normalized spacial score (nSPS) is 13.8. The van der Waals surface area contributed by atoms with Crippen molar-refractivity contribution in [2.24, 2.45) is 11.8 Å². The van der Waals surface area contributed by atoms with E-state index in [0.29, 0.717) is 22.7 Å². The summed E-state index contributed by atoms with van der Waals surface area (Å²) in [5, 5.41) is 11.5. The Morgan fingerprint density at radius 3 is 2.43 bits per heavy atom. The van der Waals surface area contributed by atoms with Crippen LogP contribution in [0.2, 0.25) is 0 Å². The smallest absolute Gasteiger partial charge is 0.481 e. The first-order valence-electron chi connectivity index (χ1n) is 8.64. The topological polar surface area (TPSA) is 76.5 Å². The first kappa shape index (κ1) is 21.9. The number of Topliss-reactive ketones (excluding diaryl/α,β-unsaturated/α-hetero) is 1. The Hall–Kier alpha value is -2.42. The number of halogens is 3. The number of nitrogens with zero attached hydrogens (tertiary/aromatic N) is 1. The summed E-state index contributed by atoms with van der Waals surface area (Å²) in [7, 11) is 0. The van der Waals surface area contributed by atoms with Gasteiger partial charge in [0.2, 0.25) is 0 Å². The fourth-order valence-electron chi connectivity index (χ4n) is 2.66. The number of thiazole rings is 1. The largest absolute Gasteiger partial charge is 0.573 e. The second kappa shape index (κ2) is 9.18. The quantitative estimate of drug-likeness (QED) is 0.627. The van der Waals surface area contributed by atoms with Gasteiger partial charge in [0.25, 0.3) is 0 Å². The van der Waals surface area contributed by atoms with Crippen molar-refractivity contribution in [3.05, 3.63) is 35.3 Å². The molecule has 0 spiro atoms. The summed E-state index contributed by atoms with van der Waals surface area (Å²) in [6.45, 7) is 3.68. The molecule has 0 radical (unpaired) electrons. The van der Waals surface area contributed by atoms with Crippen molar-refractivity contribution in [1.29, 1.82) is 0 Å². The van der Waals surface area contributed by atoms with Gasteiger partial charge >= 0.3 is 12.3 Å². The zero-order valence-corrected chi connectivity index (χ0v) is 16.1. The zero-order valence-electron chi connectivity index (χ0n) is 15.3. The average Bonchev–Trinajstić information content (AvgIpc) is 3.06. The van der Waals surface area contributed by atoms with Gasteiger partial charge in [-0.2, -0.15) is 0 Å². The Labute approximate surface area is 164 Å². The lowest BCUT2D eigenvalue weighted by Gasteiger charge is -2.17. The molecule has 9 heteroatoms. The van der Waals surface area contributed by atoms with E-state index < -0.39 is 18.2 Å². The predicted octanol–water partition coefficient (Wildman–Crippen LogP) is 4.96. The van der Waals surface area contributed by atoms with Crippen molar-refractivity contribution in [2.45, 2.75) is 39.5 Å². The van der Waals surface area contributed by atoms with Crippen molar-refractivity contribution in [3.8, 4) is 16.3 Å². The molecule has 0 fully saturated rings. The standard InChI is InChI=1S/C19H20F3NO4S/c1-3-11(2)16(18(25)26)9-14(24)8-13-10-28-17(23-13)12-4-6-15(7-5-12)27-19(20,21)22/h4-7,10-11,16H,3,8-9H2,1-2H3,(H,25,26)/t11-,16+/m1/s1. The van der Waals surface area contributed by atoms with Gasteiger partial charge in [0.05, 0.1) is 11.6 Å². The SMILES string of the molecule is CC[C@@H](C)[C@H](CC(=O)Cc1csc(-c2ccc(OC(F)(F)F)cc2)n1)C(=O)O. The number of alkyl halides is 3. The number of carboxylic acids is 1. The number of rotatable bonds is 9. The van der Waals surface area contributed by atoms with Gasteiger partial charge in [0.15, 0.2) is 0 Å². The van der Waals surface area contributed by atoms with Crippen LogP contribution in [-0.2, 0) is 16.0 Å². The van der Waals surface area contributed by atoms with Crippen LogP contribution in [0.5, 0.6) is 5.75 Å². The number of ether oxygens (including phenoxy) is 1. The maximum absolute atomic E-state index is 12.2. The van der Waals surface area contributed by atoms with Gasteiger partial charge in [-0.15, -0.1) is 24.5 Å². The second-order valence-corrected chi connectivity index (χ2v) is 7.32. The van der Waals surface area contributed by atoms with Crippen LogP contribution in [0.15, 0.2) is 29.6 Å². The zero-order chi connectivity index (χ0) is 20.9. The molecular weight excluding hydrogens is 395 g/mol. The van der Waals surface area contributed by atoms with Gasteiger partial charge in [0, 0.05) is 23.8 Å². The molecule has 0 unspecified atom stereocenters. The number of carboxylic acid groups (broad SMARTS) is 1. The number of hydrogen-bond donors (Lipinski definition) is 1. The third-order valence-electron chi connectivity index (χ3n) is 4.36. The molecule has 28 heavy (non-hydrogen) atoms. The molecule has 0 aliphatic carbocycles. The van der Waals surface area contributed by atoms with Crippen molar-refractivity contribution >= 4 is 23.1 Å². The maximum atomic E-state index is 12.2. The van der Waals surface area contributed by atoms with Crippen LogP contribution in [0.1, 0.15) is 32.4 Å². The average molecular weight is 415 g/mol. The Kier molecular flexibility index (Phi) is 7.17. The van der Waals surface area contributed by atoms with Gasteiger partial charge < -0.3 is 9.84 Å². The Morgan fingerprint density at radius 2 is 1.89 bits per heavy atom. The lowest BCUT2D eigenvalue weighted by atomic mass is 9.87. The molecule has 2 aromatic rings. The number of carbonyl (C=O) groups excluding carboxylic acids is 1. The van der Waals surface area contributed by atoms with E-state index in [1.54, 1.807) is 12.3 Å².